The van der Waals surface area contributed by atoms with Gasteiger partial charge in [-0.2, -0.15) is 0 Å². The summed E-state index contributed by atoms with van der Waals surface area (Å²) in [6, 6.07) is 8.79. The number of primary amides is 1. The molecule has 15 heteroatoms. The molecule has 0 radical (unpaired) electrons. The van der Waals surface area contributed by atoms with Crippen LogP contribution in [0.1, 0.15) is 54.2 Å². The smallest absolute Gasteiger partial charge is 0.411 e. The maximum Gasteiger partial charge on any atom is 0.411 e. The molecule has 3 aromatic rings. The van der Waals surface area contributed by atoms with E-state index in [1.165, 1.54) is 52.3 Å². The van der Waals surface area contributed by atoms with E-state index in [2.05, 4.69) is 16.0 Å². The number of halogens is 2. The number of carbonyl (C=O) groups is 3. The number of carbonyl (C=O) groups excluding carboxylic acids is 3. The van der Waals surface area contributed by atoms with E-state index in [1.807, 2.05) is 0 Å². The van der Waals surface area contributed by atoms with Gasteiger partial charge in [-0.1, -0.05) is 12.1 Å². The van der Waals surface area contributed by atoms with Crippen LogP contribution >= 0.6 is 0 Å². The summed E-state index contributed by atoms with van der Waals surface area (Å²) in [5, 5.41) is 7.68. The van der Waals surface area contributed by atoms with Crippen LogP contribution in [0.25, 0.3) is 0 Å². The molecule has 0 aromatic heterocycles. The average Bonchev–Trinajstić information content (AvgIpc) is 3.54. The van der Waals surface area contributed by atoms with E-state index in [1.54, 1.807) is 12.1 Å². The number of ether oxygens (including phenoxy) is 3. The van der Waals surface area contributed by atoms with Crippen molar-refractivity contribution in [3.05, 3.63) is 76.9 Å². The molecule has 1 aliphatic rings. The SMILES string of the molecule is COC(=O)Nc1cc([C@@]2(C(=O)C(Nc3cc(C(N)=O)c(F)cc3F)c3ccc(OC)c(OC)c3)CCCN2)ccc1S(=O)(=O)C(C)C. The lowest BCUT2D eigenvalue weighted by Crippen LogP contribution is -2.48. The number of nitrogens with two attached hydrogens (primary N) is 1. The van der Waals surface area contributed by atoms with Gasteiger partial charge >= 0.3 is 6.09 Å². The fourth-order valence-electron chi connectivity index (χ4n) is 5.48. The van der Waals surface area contributed by atoms with Gasteiger partial charge < -0.3 is 30.6 Å². The van der Waals surface area contributed by atoms with Crippen LogP contribution in [0.4, 0.5) is 25.0 Å². The molecule has 5 N–H and O–H groups in total. The Hall–Kier alpha value is -4.76. The molecule has 3 aromatic carbocycles. The molecule has 1 fully saturated rings. The summed E-state index contributed by atoms with van der Waals surface area (Å²) in [5.41, 5.74) is 3.32. The third kappa shape index (κ3) is 6.86. The van der Waals surface area contributed by atoms with Crippen molar-refractivity contribution in [1.82, 2.24) is 5.32 Å². The van der Waals surface area contributed by atoms with Crippen LogP contribution in [0.5, 0.6) is 11.5 Å². The molecule has 1 saturated heterocycles. The third-order valence-electron chi connectivity index (χ3n) is 8.02. The van der Waals surface area contributed by atoms with Gasteiger partial charge in [0.2, 0.25) is 0 Å². The lowest BCUT2D eigenvalue weighted by atomic mass is 9.79. The summed E-state index contributed by atoms with van der Waals surface area (Å²) in [4.78, 5) is 38.9. The van der Waals surface area contributed by atoms with Crippen LogP contribution in [0, 0.1) is 11.6 Å². The van der Waals surface area contributed by atoms with Crippen molar-refractivity contribution >= 4 is 39.0 Å². The zero-order valence-corrected chi connectivity index (χ0v) is 27.2. The molecule has 47 heavy (non-hydrogen) atoms. The summed E-state index contributed by atoms with van der Waals surface area (Å²) in [7, 11) is 0.0476. The number of nitrogens with one attached hydrogen (secondary N) is 3. The van der Waals surface area contributed by atoms with Crippen LogP contribution in [0.15, 0.2) is 53.4 Å². The van der Waals surface area contributed by atoms with Crippen molar-refractivity contribution in [3.63, 3.8) is 0 Å². The van der Waals surface area contributed by atoms with E-state index in [4.69, 9.17) is 19.9 Å². The second-order valence-electron chi connectivity index (χ2n) is 11.1. The Morgan fingerprint density at radius 2 is 1.64 bits per heavy atom. The topological polar surface area (TPSA) is 175 Å². The minimum absolute atomic E-state index is 0.102. The number of hydrogen-bond acceptors (Lipinski definition) is 10. The summed E-state index contributed by atoms with van der Waals surface area (Å²) >= 11 is 0. The predicted octanol–water partition coefficient (Wildman–Crippen LogP) is 4.44. The first-order valence-corrected chi connectivity index (χ1v) is 16.0. The highest BCUT2D eigenvalue weighted by Crippen LogP contribution is 2.41. The highest BCUT2D eigenvalue weighted by molar-refractivity contribution is 7.92. The molecule has 1 unspecified atom stereocenters. The maximum atomic E-state index is 15.2. The van der Waals surface area contributed by atoms with Gasteiger partial charge in [0.05, 0.1) is 48.4 Å². The van der Waals surface area contributed by atoms with E-state index >= 15 is 4.39 Å². The van der Waals surface area contributed by atoms with E-state index in [9.17, 15) is 27.2 Å². The molecule has 0 bridgehead atoms. The molecule has 1 heterocycles. The van der Waals surface area contributed by atoms with Crippen molar-refractivity contribution in [3.8, 4) is 11.5 Å². The predicted molar refractivity (Wildman–Crippen MR) is 169 cm³/mol. The Labute approximate surface area is 270 Å². The van der Waals surface area contributed by atoms with Crippen LogP contribution in [0.2, 0.25) is 0 Å². The minimum Gasteiger partial charge on any atom is -0.493 e. The third-order valence-corrected chi connectivity index (χ3v) is 10.2. The highest BCUT2D eigenvalue weighted by Gasteiger charge is 2.47. The number of ketones is 1. The number of benzene rings is 3. The zero-order chi connectivity index (χ0) is 34.7. The Kier molecular flexibility index (Phi) is 10.4. The second-order valence-corrected chi connectivity index (χ2v) is 13.6. The van der Waals surface area contributed by atoms with Gasteiger partial charge in [0.25, 0.3) is 5.91 Å². The lowest BCUT2D eigenvalue weighted by Gasteiger charge is -2.34. The lowest BCUT2D eigenvalue weighted by molar-refractivity contribution is -0.126. The molecule has 1 aliphatic heterocycles. The fraction of sp³-hybridized carbons (Fsp3) is 0.344. The van der Waals surface area contributed by atoms with E-state index < -0.39 is 61.6 Å². The first kappa shape index (κ1) is 35.1. The number of sulfone groups is 1. The maximum absolute atomic E-state index is 15.2. The van der Waals surface area contributed by atoms with Crippen molar-refractivity contribution < 1.29 is 45.8 Å². The van der Waals surface area contributed by atoms with Gasteiger partial charge in [0.15, 0.2) is 27.1 Å². The highest BCUT2D eigenvalue weighted by atomic mass is 32.2. The number of anilines is 2. The second kappa shape index (κ2) is 13.9. The fourth-order valence-corrected chi connectivity index (χ4v) is 6.66. The van der Waals surface area contributed by atoms with Gasteiger partial charge in [-0.05, 0) is 74.7 Å². The molecule has 0 saturated carbocycles. The molecule has 2 amide bonds. The number of methoxy groups -OCH3 is 3. The molecular weight excluding hydrogens is 638 g/mol. The van der Waals surface area contributed by atoms with E-state index in [0.717, 1.165) is 13.2 Å². The number of Topliss-reactive ketones (excluding diaryl/α,β-unsaturated/α-hetero) is 1. The van der Waals surface area contributed by atoms with Crippen molar-refractivity contribution in [2.75, 3.05) is 38.5 Å². The van der Waals surface area contributed by atoms with Crippen molar-refractivity contribution in [1.29, 1.82) is 0 Å². The van der Waals surface area contributed by atoms with E-state index in [0.29, 0.717) is 30.3 Å². The molecule has 252 valence electrons. The van der Waals surface area contributed by atoms with Crippen LogP contribution in [-0.4, -0.2) is 59.3 Å². The van der Waals surface area contributed by atoms with E-state index in [-0.39, 0.29) is 34.0 Å². The quantitative estimate of drug-likeness (QED) is 0.215. The Morgan fingerprint density at radius 1 is 0.936 bits per heavy atom. The van der Waals surface area contributed by atoms with Gasteiger partial charge in [0, 0.05) is 6.07 Å². The summed E-state index contributed by atoms with van der Waals surface area (Å²) in [5.74, 6) is -3.35. The summed E-state index contributed by atoms with van der Waals surface area (Å²) in [6.07, 6.45) is -0.180. The summed E-state index contributed by atoms with van der Waals surface area (Å²) in [6.45, 7) is 3.37. The molecule has 12 nitrogen and oxygen atoms in total. The summed E-state index contributed by atoms with van der Waals surface area (Å²) < 4.78 is 71.5. The number of hydrogen-bond donors (Lipinski definition) is 4. The molecule has 0 spiro atoms. The Balaban J connectivity index is 1.93. The molecule has 2 atom stereocenters. The average molecular weight is 675 g/mol. The number of rotatable bonds is 12. The minimum atomic E-state index is -3.90. The Morgan fingerprint density at radius 3 is 2.21 bits per heavy atom. The first-order valence-electron chi connectivity index (χ1n) is 14.5. The van der Waals surface area contributed by atoms with Gasteiger partial charge in [-0.3, -0.25) is 14.9 Å². The normalized spacial score (nSPS) is 16.8. The molecule has 0 aliphatic carbocycles. The van der Waals surface area contributed by atoms with Gasteiger partial charge in [-0.15, -0.1) is 0 Å². The van der Waals surface area contributed by atoms with Crippen LogP contribution in [-0.2, 0) is 24.9 Å². The van der Waals surface area contributed by atoms with Gasteiger partial charge in [0.1, 0.15) is 23.2 Å². The first-order chi connectivity index (χ1) is 22.2. The van der Waals surface area contributed by atoms with Crippen molar-refractivity contribution in [2.45, 2.75) is 48.4 Å². The zero-order valence-electron chi connectivity index (χ0n) is 26.4. The largest absolute Gasteiger partial charge is 0.493 e. The van der Waals surface area contributed by atoms with Gasteiger partial charge in [-0.25, -0.2) is 22.0 Å². The standard InChI is InChI=1S/C32H36F2N4O8S/c1-17(2)47(42,43)27-10-8-19(14-24(27)38-31(41)46-5)32(11-6-12-36-32)29(39)28(18-7-9-25(44-3)26(13-18)45-4)37-23-15-20(30(35)40)21(33)16-22(23)34/h7-10,13-17,28,36-37H,6,11-12H2,1-5H3,(H2,35,40)(H,38,41)/t28?,32-/m1/s1. The number of amides is 2. The van der Waals surface area contributed by atoms with Crippen LogP contribution in [0.3, 0.4) is 0 Å². The van der Waals surface area contributed by atoms with Crippen molar-refractivity contribution in [2.24, 2.45) is 5.73 Å². The Bertz CT molecular complexity index is 1810. The molecular formula is C32H36F2N4O8S. The van der Waals surface area contributed by atoms with Crippen LogP contribution < -0.4 is 31.2 Å². The monoisotopic (exact) mass is 674 g/mol. The molecule has 4 rings (SSSR count).